The van der Waals surface area contributed by atoms with Gasteiger partial charge in [0.25, 0.3) is 0 Å². The number of carbonyl (C=O) groups is 2. The number of carbonyl (C=O) groups excluding carboxylic acids is 2. The molecule has 0 unspecified atom stereocenters. The third-order valence-electron chi connectivity index (χ3n) is 0. The maximum Gasteiger partial charge on any atom is 0.316 e. The maximum atomic E-state index is 9.44. The normalized spacial score (nSPS) is 5.78. The van der Waals surface area contributed by atoms with E-state index in [-0.39, 0.29) is 34.6 Å². The summed E-state index contributed by atoms with van der Waals surface area (Å²) in [5.41, 5.74) is 0. The van der Waals surface area contributed by atoms with Crippen molar-refractivity contribution in [1.82, 2.24) is 0 Å². The first-order chi connectivity index (χ1) is 3.46. The molecule has 0 atom stereocenters. The van der Waals surface area contributed by atoms with E-state index < -0.39 is 0 Å². The Morgan fingerprint density at radius 1 is 0.778 bits per heavy atom. The van der Waals surface area contributed by atoms with E-state index in [9.17, 15) is 9.59 Å². The van der Waals surface area contributed by atoms with Crippen LogP contribution in [0, 0.1) is 0 Å². The van der Waals surface area contributed by atoms with Crippen LogP contribution >= 0.6 is 0 Å². The fraction of sp³-hybridized carbons (Fsp3) is 0.667. The van der Waals surface area contributed by atoms with Crippen LogP contribution in [-0.2, 0) is 9.59 Å². The molecular weight excluding hydrogens is 128 g/mol. The highest BCUT2D eigenvalue weighted by Gasteiger charge is 1.62. The second-order valence-corrected chi connectivity index (χ2v) is 1.82. The molecule has 0 saturated heterocycles. The Labute approximate surface area is 72.2 Å². The van der Waals surface area contributed by atoms with Gasteiger partial charge in [-0.15, -0.1) is 0 Å². The van der Waals surface area contributed by atoms with Gasteiger partial charge in [0.15, 0.2) is 0 Å². The minimum absolute atomic E-state index is 0. The monoisotopic (exact) mass is 142 g/mol. The quantitative estimate of drug-likeness (QED) is 0.455. The fourth-order valence-corrected chi connectivity index (χ4v) is 0. The molecule has 3 heteroatoms. The second kappa shape index (κ2) is 11.0. The van der Waals surface area contributed by atoms with Crippen LogP contribution in [0.4, 0.5) is 0 Å². The first-order valence-electron chi connectivity index (χ1n) is 2.41. The van der Waals surface area contributed by atoms with Crippen molar-refractivity contribution in [3.63, 3.8) is 0 Å². The van der Waals surface area contributed by atoms with Gasteiger partial charge in [-0.1, -0.05) is 0 Å². The second-order valence-electron chi connectivity index (χ2n) is 1.82. The molecule has 0 saturated carbocycles. The highest BCUT2D eigenvalue weighted by molar-refractivity contribution is 5.75. The predicted octanol–water partition coefficient (Wildman–Crippen LogP) is 0.274. The van der Waals surface area contributed by atoms with Crippen molar-refractivity contribution < 1.29 is 9.59 Å². The largest absolute Gasteiger partial charge is 0.316 e. The smallest absolute Gasteiger partial charge is 0.300 e. The van der Waals surface area contributed by atoms with Crippen LogP contribution in [0.3, 0.4) is 0 Å². The summed E-state index contributed by atoms with van der Waals surface area (Å²) in [6.07, 6.45) is 0. The number of hydrogen-bond acceptors (Lipinski definition) is 2. The van der Waals surface area contributed by atoms with Crippen LogP contribution in [0.5, 0.6) is 0 Å². The number of ketones is 2. The summed E-state index contributed by atoms with van der Waals surface area (Å²) in [5, 5.41) is 0. The van der Waals surface area contributed by atoms with Gasteiger partial charge >= 0.3 is 23.1 Å². The molecule has 0 aliphatic rings. The summed E-state index contributed by atoms with van der Waals surface area (Å²) in [7, 11) is 0. The maximum absolute atomic E-state index is 9.44. The van der Waals surface area contributed by atoms with Gasteiger partial charge in [0.05, 0.1) is 0 Å². The van der Waals surface area contributed by atoms with Crippen LogP contribution in [0.2, 0.25) is 0 Å². The Balaban J connectivity index is -0.0000000720. The molecule has 52 valence electrons. The Bertz CT molecular complexity index is 69.1. The van der Waals surface area contributed by atoms with Crippen LogP contribution in [0.25, 0.3) is 0 Å². The SMILES string of the molecule is CC(C)=O.CC(C)=O.[MgH2]. The van der Waals surface area contributed by atoms with E-state index in [4.69, 9.17) is 0 Å². The third-order valence-corrected chi connectivity index (χ3v) is 0. The van der Waals surface area contributed by atoms with E-state index in [1.54, 1.807) is 0 Å². The molecule has 2 nitrogen and oxygen atoms in total. The lowest BCUT2D eigenvalue weighted by Crippen LogP contribution is -1.69. The third kappa shape index (κ3) is 26800. The molecule has 0 aliphatic carbocycles. The van der Waals surface area contributed by atoms with Gasteiger partial charge in [0.1, 0.15) is 11.6 Å². The zero-order valence-electron chi connectivity index (χ0n) is 5.82. The molecule has 0 heterocycles. The molecule has 9 heavy (non-hydrogen) atoms. The van der Waals surface area contributed by atoms with Gasteiger partial charge in [-0.05, 0) is 27.7 Å². The van der Waals surface area contributed by atoms with E-state index in [1.165, 1.54) is 27.7 Å². The van der Waals surface area contributed by atoms with Crippen molar-refractivity contribution in [1.29, 1.82) is 0 Å². The Kier molecular flexibility index (Phi) is 19.6. The lowest BCUT2D eigenvalue weighted by Gasteiger charge is -1.56. The molecule has 0 radical (unpaired) electrons. The predicted molar refractivity (Wildman–Crippen MR) is 41.3 cm³/mol. The van der Waals surface area contributed by atoms with Gasteiger partial charge in [-0.2, -0.15) is 0 Å². The molecule has 0 amide bonds. The highest BCUT2D eigenvalue weighted by Crippen LogP contribution is 1.50. The zero-order chi connectivity index (χ0) is 7.15. The van der Waals surface area contributed by atoms with E-state index in [0.717, 1.165) is 0 Å². The molecule has 0 aromatic rings. The molecule has 0 aromatic carbocycles. The van der Waals surface area contributed by atoms with E-state index in [0.29, 0.717) is 0 Å². The fourth-order valence-electron chi connectivity index (χ4n) is 0. The Morgan fingerprint density at radius 2 is 0.778 bits per heavy atom. The van der Waals surface area contributed by atoms with Crippen molar-refractivity contribution in [2.45, 2.75) is 27.7 Å². The standard InChI is InChI=1S/2C3H6O.Mg.2H/c2*1-3(2)4;;;/h2*1-2H3;;;. The molecule has 0 aliphatic heterocycles. The van der Waals surface area contributed by atoms with E-state index in [2.05, 4.69) is 0 Å². The minimum atomic E-state index is 0. The molecule has 0 spiro atoms. The van der Waals surface area contributed by atoms with Crippen LogP contribution in [-0.4, -0.2) is 34.6 Å². The lowest BCUT2D eigenvalue weighted by molar-refractivity contribution is -0.115. The number of hydrogen-bond donors (Lipinski definition) is 0. The van der Waals surface area contributed by atoms with Crippen LogP contribution < -0.4 is 0 Å². The average Bonchev–Trinajstić information content (AvgIpc) is 1.25. The summed E-state index contributed by atoms with van der Waals surface area (Å²) in [4.78, 5) is 18.9. The topological polar surface area (TPSA) is 34.1 Å². The molecule has 0 bridgehead atoms. The first-order valence-corrected chi connectivity index (χ1v) is 2.41. The summed E-state index contributed by atoms with van der Waals surface area (Å²) >= 11 is 0. The van der Waals surface area contributed by atoms with Crippen molar-refractivity contribution in [2.75, 3.05) is 0 Å². The van der Waals surface area contributed by atoms with E-state index in [1.807, 2.05) is 0 Å². The van der Waals surface area contributed by atoms with Gasteiger partial charge in [0, 0.05) is 0 Å². The average molecular weight is 142 g/mol. The van der Waals surface area contributed by atoms with Gasteiger partial charge in [0.2, 0.25) is 0 Å². The summed E-state index contributed by atoms with van der Waals surface area (Å²) < 4.78 is 0. The number of Topliss-reactive ketones (excluding diaryl/α,β-unsaturated/α-hetero) is 2. The van der Waals surface area contributed by atoms with Gasteiger partial charge in [-0.3, -0.25) is 0 Å². The molecule has 0 N–H and O–H groups in total. The van der Waals surface area contributed by atoms with Crippen molar-refractivity contribution >= 4 is 34.6 Å². The molecule has 0 rings (SSSR count). The summed E-state index contributed by atoms with van der Waals surface area (Å²) in [6, 6.07) is 0. The van der Waals surface area contributed by atoms with Crippen molar-refractivity contribution in [2.24, 2.45) is 0 Å². The number of rotatable bonds is 0. The van der Waals surface area contributed by atoms with Gasteiger partial charge < -0.3 is 9.59 Å². The van der Waals surface area contributed by atoms with Gasteiger partial charge in [-0.25, -0.2) is 0 Å². The molecule has 0 fully saturated rings. The minimum Gasteiger partial charge on any atom is -0.300 e. The summed E-state index contributed by atoms with van der Waals surface area (Å²) in [5.74, 6) is 0.333. The summed E-state index contributed by atoms with van der Waals surface area (Å²) in [6.45, 7) is 6.11. The van der Waals surface area contributed by atoms with Crippen molar-refractivity contribution in [3.05, 3.63) is 0 Å². The highest BCUT2D eigenvalue weighted by atomic mass is 24.3. The molecule has 0 aromatic heterocycles. The van der Waals surface area contributed by atoms with Crippen LogP contribution in [0.1, 0.15) is 27.7 Å². The zero-order valence-corrected chi connectivity index (χ0v) is 5.82. The van der Waals surface area contributed by atoms with Crippen LogP contribution in [0.15, 0.2) is 0 Å². The Morgan fingerprint density at radius 3 is 0.778 bits per heavy atom. The molecular formula is C6H14MgO2. The van der Waals surface area contributed by atoms with Crippen molar-refractivity contribution in [3.8, 4) is 0 Å². The first kappa shape index (κ1) is 16.0. The Hall–Kier alpha value is 0.106. The van der Waals surface area contributed by atoms with E-state index >= 15 is 0 Å². The lowest BCUT2D eigenvalue weighted by atomic mass is 10.6.